The maximum atomic E-state index is 12.6. The Hall–Kier alpha value is -3.32. The number of nitrogens with zero attached hydrogens (tertiary/aromatic N) is 1. The summed E-state index contributed by atoms with van der Waals surface area (Å²) in [5.41, 5.74) is 3.59. The average molecular weight is 437 g/mol. The first kappa shape index (κ1) is 20.9. The summed E-state index contributed by atoms with van der Waals surface area (Å²) in [4.78, 5) is 14.5. The number of carbonyl (C=O) groups is 1. The number of anilines is 1. The Labute approximate surface area is 182 Å². The van der Waals surface area contributed by atoms with Gasteiger partial charge in [-0.3, -0.25) is 9.52 Å². The van der Waals surface area contributed by atoms with Crippen LogP contribution in [-0.4, -0.2) is 32.4 Å². The number of hydrogen-bond donors (Lipinski definition) is 1. The van der Waals surface area contributed by atoms with E-state index in [1.165, 1.54) is 17.2 Å². The molecule has 1 heterocycles. The molecule has 3 aromatic rings. The van der Waals surface area contributed by atoms with Gasteiger partial charge >= 0.3 is 0 Å². The van der Waals surface area contributed by atoms with Gasteiger partial charge < -0.3 is 9.64 Å². The fourth-order valence-corrected chi connectivity index (χ4v) is 4.75. The number of benzene rings is 3. The number of sulfonamides is 1. The monoisotopic (exact) mass is 436 g/mol. The van der Waals surface area contributed by atoms with Gasteiger partial charge in [-0.2, -0.15) is 0 Å². The number of hydrogen-bond acceptors (Lipinski definition) is 4. The van der Waals surface area contributed by atoms with Crippen LogP contribution >= 0.6 is 0 Å². The van der Waals surface area contributed by atoms with Crippen LogP contribution < -0.4 is 9.46 Å². The van der Waals surface area contributed by atoms with Gasteiger partial charge in [-0.15, -0.1) is 0 Å². The van der Waals surface area contributed by atoms with E-state index in [0.717, 1.165) is 6.42 Å². The minimum Gasteiger partial charge on any atom is -0.483 e. The third-order valence-corrected chi connectivity index (χ3v) is 6.70. The molecule has 0 saturated heterocycles. The second-order valence-electron chi connectivity index (χ2n) is 7.52. The van der Waals surface area contributed by atoms with E-state index in [0.29, 0.717) is 30.1 Å². The SMILES string of the molecule is Cc1cc(S(=O)(=O)Nc2ccccc2)ccc1OCC(=O)N1CCc2ccccc2C1. The molecule has 160 valence electrons. The Morgan fingerprint density at radius 3 is 2.45 bits per heavy atom. The summed E-state index contributed by atoms with van der Waals surface area (Å²) in [6.07, 6.45) is 0.835. The molecule has 4 rings (SSSR count). The van der Waals surface area contributed by atoms with Crippen molar-refractivity contribution in [2.24, 2.45) is 0 Å². The maximum Gasteiger partial charge on any atom is 0.261 e. The highest BCUT2D eigenvalue weighted by Gasteiger charge is 2.21. The van der Waals surface area contributed by atoms with Crippen molar-refractivity contribution in [3.05, 3.63) is 89.5 Å². The number of ether oxygens (including phenoxy) is 1. The van der Waals surface area contributed by atoms with Gasteiger partial charge in [0, 0.05) is 18.8 Å². The molecular weight excluding hydrogens is 412 g/mol. The molecular formula is C24H24N2O4S. The van der Waals surface area contributed by atoms with Crippen LogP contribution in [0.15, 0.2) is 77.7 Å². The fourth-order valence-electron chi connectivity index (χ4n) is 3.61. The van der Waals surface area contributed by atoms with Gasteiger partial charge in [-0.05, 0) is 60.4 Å². The number of fused-ring (bicyclic) bond motifs is 1. The largest absolute Gasteiger partial charge is 0.483 e. The van der Waals surface area contributed by atoms with E-state index >= 15 is 0 Å². The highest BCUT2D eigenvalue weighted by Crippen LogP contribution is 2.24. The van der Waals surface area contributed by atoms with Gasteiger partial charge in [0.15, 0.2) is 6.61 Å². The molecule has 0 bridgehead atoms. The van der Waals surface area contributed by atoms with Crippen molar-refractivity contribution in [1.29, 1.82) is 0 Å². The van der Waals surface area contributed by atoms with Crippen LogP contribution in [0.3, 0.4) is 0 Å². The Bertz CT molecular complexity index is 1190. The molecule has 1 amide bonds. The first-order chi connectivity index (χ1) is 14.9. The number of carbonyl (C=O) groups excluding carboxylic acids is 1. The lowest BCUT2D eigenvalue weighted by Gasteiger charge is -2.28. The number of rotatable bonds is 6. The van der Waals surface area contributed by atoms with Crippen LogP contribution in [-0.2, 0) is 27.8 Å². The van der Waals surface area contributed by atoms with Gasteiger partial charge in [0.25, 0.3) is 15.9 Å². The first-order valence-corrected chi connectivity index (χ1v) is 11.6. The maximum absolute atomic E-state index is 12.6. The Kier molecular flexibility index (Phi) is 5.95. The molecule has 0 atom stereocenters. The molecule has 3 aromatic carbocycles. The second-order valence-corrected chi connectivity index (χ2v) is 9.20. The van der Waals surface area contributed by atoms with Gasteiger partial charge in [0.2, 0.25) is 0 Å². The van der Waals surface area contributed by atoms with Crippen LogP contribution in [0.2, 0.25) is 0 Å². The molecule has 0 aliphatic carbocycles. The van der Waals surface area contributed by atoms with E-state index in [1.54, 1.807) is 48.2 Å². The summed E-state index contributed by atoms with van der Waals surface area (Å²) in [7, 11) is -3.71. The Morgan fingerprint density at radius 1 is 1.00 bits per heavy atom. The summed E-state index contributed by atoms with van der Waals surface area (Å²) >= 11 is 0. The molecule has 6 nitrogen and oxygen atoms in total. The Balaban J connectivity index is 1.39. The molecule has 1 aliphatic rings. The molecule has 0 fully saturated rings. The van der Waals surface area contributed by atoms with Crippen LogP contribution in [0.25, 0.3) is 0 Å². The average Bonchev–Trinajstić information content (AvgIpc) is 2.78. The van der Waals surface area contributed by atoms with Crippen molar-refractivity contribution in [2.75, 3.05) is 17.9 Å². The lowest BCUT2D eigenvalue weighted by atomic mass is 10.00. The molecule has 0 spiro atoms. The molecule has 0 unspecified atom stereocenters. The summed E-state index contributed by atoms with van der Waals surface area (Å²) < 4.78 is 33.5. The van der Waals surface area contributed by atoms with E-state index < -0.39 is 10.0 Å². The van der Waals surface area contributed by atoms with Crippen molar-refractivity contribution < 1.29 is 17.9 Å². The smallest absolute Gasteiger partial charge is 0.261 e. The van der Waals surface area contributed by atoms with Gasteiger partial charge in [0.1, 0.15) is 5.75 Å². The van der Waals surface area contributed by atoms with Gasteiger partial charge in [0.05, 0.1) is 4.90 Å². The standard InChI is InChI=1S/C24H24N2O4S/c1-18-15-22(31(28,29)25-21-9-3-2-4-10-21)11-12-23(18)30-17-24(27)26-14-13-19-7-5-6-8-20(19)16-26/h2-12,15,25H,13-14,16-17H2,1H3. The minimum absolute atomic E-state index is 0.0859. The highest BCUT2D eigenvalue weighted by molar-refractivity contribution is 7.92. The number of para-hydroxylation sites is 1. The topological polar surface area (TPSA) is 75.7 Å². The van der Waals surface area contributed by atoms with E-state index in [2.05, 4.69) is 10.8 Å². The zero-order valence-corrected chi connectivity index (χ0v) is 18.1. The normalized spacial score (nSPS) is 13.4. The third-order valence-electron chi connectivity index (χ3n) is 5.32. The summed E-state index contributed by atoms with van der Waals surface area (Å²) in [5.74, 6) is 0.403. The third kappa shape index (κ3) is 4.88. The minimum atomic E-state index is -3.71. The lowest BCUT2D eigenvalue weighted by molar-refractivity contribution is -0.134. The summed E-state index contributed by atoms with van der Waals surface area (Å²) in [6, 6.07) is 21.5. The molecule has 0 radical (unpaired) electrons. The van der Waals surface area contributed by atoms with E-state index in [4.69, 9.17) is 4.74 Å². The molecule has 1 aliphatic heterocycles. The fraction of sp³-hybridized carbons (Fsp3) is 0.208. The number of amides is 1. The molecule has 7 heteroatoms. The molecule has 0 aromatic heterocycles. The van der Waals surface area contributed by atoms with Crippen molar-refractivity contribution >= 4 is 21.6 Å². The van der Waals surface area contributed by atoms with Gasteiger partial charge in [-0.1, -0.05) is 42.5 Å². The predicted molar refractivity (Wildman–Crippen MR) is 119 cm³/mol. The van der Waals surface area contributed by atoms with E-state index in [1.807, 2.05) is 24.3 Å². The van der Waals surface area contributed by atoms with Crippen molar-refractivity contribution in [2.45, 2.75) is 24.8 Å². The zero-order valence-electron chi connectivity index (χ0n) is 17.2. The van der Waals surface area contributed by atoms with E-state index in [9.17, 15) is 13.2 Å². The van der Waals surface area contributed by atoms with Crippen LogP contribution in [0.1, 0.15) is 16.7 Å². The quantitative estimate of drug-likeness (QED) is 0.638. The predicted octanol–water partition coefficient (Wildman–Crippen LogP) is 3.76. The number of nitrogens with one attached hydrogen (secondary N) is 1. The van der Waals surface area contributed by atoms with Crippen LogP contribution in [0.4, 0.5) is 5.69 Å². The van der Waals surface area contributed by atoms with Crippen LogP contribution in [0, 0.1) is 6.92 Å². The molecule has 1 N–H and O–H groups in total. The summed E-state index contributed by atoms with van der Waals surface area (Å²) in [6.45, 7) is 2.93. The van der Waals surface area contributed by atoms with Crippen molar-refractivity contribution in [1.82, 2.24) is 4.90 Å². The second kappa shape index (κ2) is 8.81. The van der Waals surface area contributed by atoms with Gasteiger partial charge in [-0.25, -0.2) is 8.42 Å². The Morgan fingerprint density at radius 2 is 1.71 bits per heavy atom. The van der Waals surface area contributed by atoms with E-state index in [-0.39, 0.29) is 17.4 Å². The van der Waals surface area contributed by atoms with Crippen molar-refractivity contribution in [3.63, 3.8) is 0 Å². The highest BCUT2D eigenvalue weighted by atomic mass is 32.2. The van der Waals surface area contributed by atoms with Crippen molar-refractivity contribution in [3.8, 4) is 5.75 Å². The summed E-state index contributed by atoms with van der Waals surface area (Å²) in [5, 5.41) is 0. The first-order valence-electron chi connectivity index (χ1n) is 10.1. The molecule has 31 heavy (non-hydrogen) atoms. The van der Waals surface area contributed by atoms with Crippen LogP contribution in [0.5, 0.6) is 5.75 Å². The lowest BCUT2D eigenvalue weighted by Crippen LogP contribution is -2.38. The zero-order chi connectivity index (χ0) is 21.8. The number of aryl methyl sites for hydroxylation is 1. The molecule has 0 saturated carbocycles.